The smallest absolute Gasteiger partial charge is 0.410 e. The molecule has 3 aromatic heterocycles. The van der Waals surface area contributed by atoms with Crippen molar-refractivity contribution in [1.29, 1.82) is 0 Å². The van der Waals surface area contributed by atoms with Gasteiger partial charge in [-0.15, -0.1) is 0 Å². The molecule has 10 heteroatoms. The Morgan fingerprint density at radius 1 is 1.21 bits per heavy atom. The summed E-state index contributed by atoms with van der Waals surface area (Å²) in [4.78, 5) is 32.0. The van der Waals surface area contributed by atoms with Crippen LogP contribution in [0.2, 0.25) is 0 Å². The van der Waals surface area contributed by atoms with Crippen LogP contribution in [0, 0.1) is 6.92 Å². The maximum Gasteiger partial charge on any atom is 0.410 e. The van der Waals surface area contributed by atoms with Gasteiger partial charge in [0.05, 0.1) is 13.7 Å². The van der Waals surface area contributed by atoms with Crippen LogP contribution < -0.4 is 9.47 Å². The molecule has 0 aliphatic carbocycles. The highest BCUT2D eigenvalue weighted by Gasteiger charge is 2.32. The Morgan fingerprint density at radius 3 is 2.67 bits per heavy atom. The average Bonchev–Trinajstić information content (AvgIpc) is 3.37. The van der Waals surface area contributed by atoms with Crippen LogP contribution in [0.25, 0.3) is 22.6 Å². The number of hydrogen-bond donors (Lipinski definition) is 0. The van der Waals surface area contributed by atoms with Crippen LogP contribution in [0.4, 0.5) is 4.79 Å². The van der Waals surface area contributed by atoms with Gasteiger partial charge in [0.2, 0.25) is 11.8 Å². The fourth-order valence-electron chi connectivity index (χ4n) is 3.89. The molecule has 0 bridgehead atoms. The van der Waals surface area contributed by atoms with Crippen LogP contribution in [0.5, 0.6) is 11.8 Å². The molecule has 0 aromatic carbocycles. The standard InChI is InChI=1S/C23H30N6O4/c1-7-29-18(15-10-14(2)20(31-6)24-11-15)27-17-19(29)25-13-26-21(17)32-16-8-9-28(12-16)22(30)33-23(3,4)5/h10-11,13,16H,7-9,12H2,1-6H3/t16-/m0/s1. The van der Waals surface area contributed by atoms with Crippen molar-refractivity contribution in [3.05, 3.63) is 24.2 Å². The van der Waals surface area contributed by atoms with Crippen molar-refractivity contribution in [3.63, 3.8) is 0 Å². The fraction of sp³-hybridized carbons (Fsp3) is 0.522. The minimum absolute atomic E-state index is 0.198. The third-order valence-electron chi connectivity index (χ3n) is 5.37. The van der Waals surface area contributed by atoms with E-state index in [9.17, 15) is 4.79 Å². The summed E-state index contributed by atoms with van der Waals surface area (Å²) in [6.45, 7) is 11.2. The van der Waals surface area contributed by atoms with Gasteiger partial charge in [0.25, 0.3) is 0 Å². The summed E-state index contributed by atoms with van der Waals surface area (Å²) >= 11 is 0. The number of aromatic nitrogens is 5. The molecule has 1 aliphatic heterocycles. The third kappa shape index (κ3) is 4.69. The van der Waals surface area contributed by atoms with E-state index in [-0.39, 0.29) is 12.2 Å². The van der Waals surface area contributed by atoms with Gasteiger partial charge in [0.15, 0.2) is 11.2 Å². The van der Waals surface area contributed by atoms with Crippen molar-refractivity contribution in [1.82, 2.24) is 29.4 Å². The Balaban J connectivity index is 1.60. The number of amides is 1. The van der Waals surface area contributed by atoms with Crippen molar-refractivity contribution < 1.29 is 19.0 Å². The second-order valence-electron chi connectivity index (χ2n) is 9.04. The van der Waals surface area contributed by atoms with E-state index in [1.54, 1.807) is 18.2 Å². The summed E-state index contributed by atoms with van der Waals surface area (Å²) in [5.74, 6) is 1.72. The predicted octanol–water partition coefficient (Wildman–Crippen LogP) is 3.61. The third-order valence-corrected chi connectivity index (χ3v) is 5.37. The molecule has 0 spiro atoms. The molecule has 3 aromatic rings. The summed E-state index contributed by atoms with van der Waals surface area (Å²) in [5, 5.41) is 0. The number of aryl methyl sites for hydroxylation is 2. The molecule has 1 amide bonds. The number of rotatable bonds is 5. The Hall–Kier alpha value is -3.43. The van der Waals surface area contributed by atoms with Crippen molar-refractivity contribution in [3.8, 4) is 23.1 Å². The zero-order valence-electron chi connectivity index (χ0n) is 20.0. The number of fused-ring (bicyclic) bond motifs is 1. The van der Waals surface area contributed by atoms with Gasteiger partial charge in [-0.05, 0) is 40.7 Å². The first-order chi connectivity index (χ1) is 15.7. The van der Waals surface area contributed by atoms with Crippen LogP contribution >= 0.6 is 0 Å². The number of carbonyl (C=O) groups excluding carboxylic acids is 1. The molecule has 1 aliphatic rings. The summed E-state index contributed by atoms with van der Waals surface area (Å²) in [5.41, 5.74) is 2.51. The second-order valence-corrected chi connectivity index (χ2v) is 9.04. The topological polar surface area (TPSA) is 104 Å². The SMILES string of the molecule is CCn1c(-c2cnc(OC)c(C)c2)nc2c(O[C@H]3CCN(C(=O)OC(C)(C)C)C3)ncnc21. The Kier molecular flexibility index (Phi) is 6.09. The molecule has 1 saturated heterocycles. The largest absolute Gasteiger partial charge is 0.481 e. The Labute approximate surface area is 192 Å². The van der Waals surface area contributed by atoms with Gasteiger partial charge < -0.3 is 23.7 Å². The molecule has 1 atom stereocenters. The van der Waals surface area contributed by atoms with E-state index in [1.807, 2.05) is 45.3 Å². The van der Waals surface area contributed by atoms with E-state index in [2.05, 4.69) is 15.0 Å². The molecule has 4 rings (SSSR count). The lowest BCUT2D eigenvalue weighted by Gasteiger charge is -2.24. The molecule has 33 heavy (non-hydrogen) atoms. The van der Waals surface area contributed by atoms with E-state index < -0.39 is 5.60 Å². The zero-order valence-corrected chi connectivity index (χ0v) is 20.0. The molecule has 4 heterocycles. The van der Waals surface area contributed by atoms with Gasteiger partial charge in [0, 0.05) is 36.8 Å². The van der Waals surface area contributed by atoms with E-state index >= 15 is 0 Å². The highest BCUT2D eigenvalue weighted by atomic mass is 16.6. The first-order valence-corrected chi connectivity index (χ1v) is 11.1. The fourth-order valence-corrected chi connectivity index (χ4v) is 3.89. The Bertz CT molecular complexity index is 1170. The first-order valence-electron chi connectivity index (χ1n) is 11.1. The number of ether oxygens (including phenoxy) is 3. The maximum atomic E-state index is 12.4. The van der Waals surface area contributed by atoms with Gasteiger partial charge in [-0.1, -0.05) is 0 Å². The van der Waals surface area contributed by atoms with Crippen molar-refractivity contribution in [2.24, 2.45) is 0 Å². The Morgan fingerprint density at radius 2 is 2.00 bits per heavy atom. The second kappa shape index (κ2) is 8.84. The predicted molar refractivity (Wildman–Crippen MR) is 122 cm³/mol. The first kappa shape index (κ1) is 22.8. The summed E-state index contributed by atoms with van der Waals surface area (Å²) in [6, 6.07) is 1.99. The van der Waals surface area contributed by atoms with Gasteiger partial charge in [-0.25, -0.2) is 19.7 Å². The lowest BCUT2D eigenvalue weighted by molar-refractivity contribution is 0.0275. The number of likely N-dealkylation sites (tertiary alicyclic amines) is 1. The zero-order chi connectivity index (χ0) is 23.8. The minimum atomic E-state index is -0.535. The van der Waals surface area contributed by atoms with Gasteiger partial charge in [0.1, 0.15) is 23.9 Å². The molecule has 10 nitrogen and oxygen atoms in total. The van der Waals surface area contributed by atoms with Crippen molar-refractivity contribution in [2.45, 2.75) is 59.3 Å². The highest BCUT2D eigenvalue weighted by Crippen LogP contribution is 2.30. The van der Waals surface area contributed by atoms with E-state index in [0.717, 1.165) is 17.0 Å². The van der Waals surface area contributed by atoms with E-state index in [1.165, 1.54) is 6.33 Å². The van der Waals surface area contributed by atoms with Crippen molar-refractivity contribution in [2.75, 3.05) is 20.2 Å². The summed E-state index contributed by atoms with van der Waals surface area (Å²) in [7, 11) is 1.60. The van der Waals surface area contributed by atoms with Crippen LogP contribution in [-0.2, 0) is 11.3 Å². The minimum Gasteiger partial charge on any atom is -0.481 e. The molecule has 176 valence electrons. The molecule has 0 radical (unpaired) electrons. The monoisotopic (exact) mass is 454 g/mol. The molecular weight excluding hydrogens is 424 g/mol. The molecule has 1 fully saturated rings. The number of hydrogen-bond acceptors (Lipinski definition) is 8. The van der Waals surface area contributed by atoms with E-state index in [4.69, 9.17) is 19.2 Å². The van der Waals surface area contributed by atoms with Crippen LogP contribution in [0.1, 0.15) is 39.7 Å². The number of carbonyl (C=O) groups is 1. The highest BCUT2D eigenvalue weighted by molar-refractivity contribution is 5.81. The number of methoxy groups -OCH3 is 1. The number of pyridine rings is 1. The average molecular weight is 455 g/mol. The maximum absolute atomic E-state index is 12.4. The summed E-state index contributed by atoms with van der Waals surface area (Å²) in [6.07, 6.45) is 3.38. The molecule has 0 unspecified atom stereocenters. The quantitative estimate of drug-likeness (QED) is 0.576. The van der Waals surface area contributed by atoms with Crippen LogP contribution in [0.15, 0.2) is 18.6 Å². The van der Waals surface area contributed by atoms with Crippen molar-refractivity contribution >= 4 is 17.3 Å². The molecule has 0 saturated carbocycles. The van der Waals surface area contributed by atoms with Gasteiger partial charge in [-0.2, -0.15) is 4.98 Å². The molecule has 0 N–H and O–H groups in total. The molecular formula is C23H30N6O4. The van der Waals surface area contributed by atoms with Crippen LogP contribution in [-0.4, -0.2) is 67.4 Å². The number of nitrogens with zero attached hydrogens (tertiary/aromatic N) is 6. The lowest BCUT2D eigenvalue weighted by Crippen LogP contribution is -2.36. The normalized spacial score (nSPS) is 16.3. The summed E-state index contributed by atoms with van der Waals surface area (Å²) < 4.78 is 19.0. The number of imidazole rings is 1. The van der Waals surface area contributed by atoms with Crippen LogP contribution in [0.3, 0.4) is 0 Å². The van der Waals surface area contributed by atoms with Gasteiger partial charge in [-0.3, -0.25) is 0 Å². The van der Waals surface area contributed by atoms with Gasteiger partial charge >= 0.3 is 6.09 Å². The van der Waals surface area contributed by atoms with E-state index in [0.29, 0.717) is 49.0 Å². The lowest BCUT2D eigenvalue weighted by atomic mass is 10.2.